The molecule has 0 aromatic rings. The number of carbonyl (C=O) groups is 1. The van der Waals surface area contributed by atoms with Gasteiger partial charge in [-0.05, 0) is 78.2 Å². The number of allylic oxidation sites excluding steroid dienone is 4. The Labute approximate surface area is 211 Å². The fraction of sp³-hybridized carbons (Fsp3) is 0.724. The summed E-state index contributed by atoms with van der Waals surface area (Å²) in [4.78, 5) is 21.0. The number of nitrogens with one attached hydrogen (secondary N) is 1. The van der Waals surface area contributed by atoms with Crippen molar-refractivity contribution in [3.8, 4) is 0 Å². The van der Waals surface area contributed by atoms with Crippen LogP contribution in [0.2, 0.25) is 0 Å². The monoisotopic (exact) mass is 483 g/mol. The van der Waals surface area contributed by atoms with E-state index in [0.717, 1.165) is 43.6 Å². The van der Waals surface area contributed by atoms with Gasteiger partial charge in [-0.1, -0.05) is 32.1 Å². The van der Waals surface area contributed by atoms with E-state index in [1.54, 1.807) is 0 Å². The largest absolute Gasteiger partial charge is 0.391 e. The highest BCUT2D eigenvalue weighted by atomic mass is 16.7. The number of carbonyl (C=O) groups excluding carboxylic acids is 1. The van der Waals surface area contributed by atoms with Gasteiger partial charge in [0.2, 0.25) is 0 Å². The van der Waals surface area contributed by atoms with Crippen molar-refractivity contribution in [1.29, 1.82) is 0 Å². The quantitative estimate of drug-likeness (QED) is 0.408. The number of piperidine rings is 1. The molecule has 0 bridgehead atoms. The molecule has 2 fully saturated rings. The third kappa shape index (κ3) is 4.64. The molecule has 0 aromatic carbocycles. The zero-order valence-corrected chi connectivity index (χ0v) is 23.0. The van der Waals surface area contributed by atoms with Gasteiger partial charge in [0.25, 0.3) is 5.91 Å². The number of aliphatic imine (C=N–C) groups is 1. The van der Waals surface area contributed by atoms with E-state index in [4.69, 9.17) is 14.5 Å². The lowest BCUT2D eigenvalue weighted by atomic mass is 9.71. The van der Waals surface area contributed by atoms with E-state index < -0.39 is 0 Å². The second kappa shape index (κ2) is 9.51. The van der Waals surface area contributed by atoms with Gasteiger partial charge in [0.1, 0.15) is 5.71 Å². The molecule has 4 aliphatic rings. The third-order valence-electron chi connectivity index (χ3n) is 9.38. The summed E-state index contributed by atoms with van der Waals surface area (Å²) >= 11 is 0. The average Bonchev–Trinajstić information content (AvgIpc) is 3.35. The lowest BCUT2D eigenvalue weighted by Gasteiger charge is -2.47. The van der Waals surface area contributed by atoms with Crippen LogP contribution < -0.4 is 5.32 Å². The lowest BCUT2D eigenvalue weighted by Crippen LogP contribution is -2.54. The normalized spacial score (nSPS) is 32.1. The standard InChI is InChI=1S/C29H45N3O3/c1-9-21(30-8)17-24(25(33)32-16-12-15-29(20(32)3)13-10-11-14-29)31-23-18-22(19(23)2)26-34-27(4,5)28(6,7)35-26/h10-11,17-20,22,26,30H,9,12-16H2,1-8H3/b21-17-,31-24?. The van der Waals surface area contributed by atoms with Crippen LogP contribution in [0, 0.1) is 17.3 Å². The minimum atomic E-state index is -0.355. The zero-order chi connectivity index (χ0) is 25.6. The molecule has 6 heteroatoms. The summed E-state index contributed by atoms with van der Waals surface area (Å²) in [6.07, 6.45) is 13.5. The topological polar surface area (TPSA) is 63.2 Å². The SMILES string of the molecule is CC/C(=C/C(=NC1=CC(C2OC(C)(C)C(C)(C)O2)C1C)C(=O)N1CCCC2(CC=CC2)C1C)NC. The first kappa shape index (κ1) is 26.2. The molecule has 0 aromatic heterocycles. The van der Waals surface area contributed by atoms with Gasteiger partial charge in [-0.25, -0.2) is 4.99 Å². The number of rotatable bonds is 6. The molecule has 6 nitrogen and oxygen atoms in total. The first-order valence-electron chi connectivity index (χ1n) is 13.4. The Hall–Kier alpha value is -1.92. The van der Waals surface area contributed by atoms with Crippen molar-refractivity contribution >= 4 is 11.6 Å². The van der Waals surface area contributed by atoms with E-state index in [2.05, 4.69) is 76.9 Å². The van der Waals surface area contributed by atoms with E-state index in [1.807, 2.05) is 13.1 Å². The Kier molecular flexibility index (Phi) is 7.11. The number of ether oxygens (including phenoxy) is 2. The zero-order valence-electron chi connectivity index (χ0n) is 23.0. The average molecular weight is 484 g/mol. The molecule has 3 unspecified atom stereocenters. The summed E-state index contributed by atoms with van der Waals surface area (Å²) in [5.74, 6) is 0.327. The predicted molar refractivity (Wildman–Crippen MR) is 141 cm³/mol. The van der Waals surface area contributed by atoms with Crippen LogP contribution in [0.1, 0.15) is 80.6 Å². The second-order valence-corrected chi connectivity index (χ2v) is 11.9. The second-order valence-electron chi connectivity index (χ2n) is 11.9. The molecular formula is C29H45N3O3. The van der Waals surface area contributed by atoms with Gasteiger partial charge >= 0.3 is 0 Å². The summed E-state index contributed by atoms with van der Waals surface area (Å²) in [6.45, 7) is 15.6. The van der Waals surface area contributed by atoms with Gasteiger partial charge < -0.3 is 19.7 Å². The van der Waals surface area contributed by atoms with Crippen LogP contribution in [0.4, 0.5) is 0 Å². The molecule has 3 atom stereocenters. The maximum atomic E-state index is 13.9. The number of likely N-dealkylation sites (tertiary alicyclic amines) is 1. The molecule has 2 aliphatic heterocycles. The fourth-order valence-corrected chi connectivity index (χ4v) is 5.89. The van der Waals surface area contributed by atoms with Gasteiger partial charge in [0.15, 0.2) is 6.29 Å². The summed E-state index contributed by atoms with van der Waals surface area (Å²) in [5.41, 5.74) is 1.95. The van der Waals surface area contributed by atoms with Crippen molar-refractivity contribution in [1.82, 2.24) is 10.2 Å². The van der Waals surface area contributed by atoms with Crippen LogP contribution >= 0.6 is 0 Å². The van der Waals surface area contributed by atoms with Crippen molar-refractivity contribution in [2.45, 2.75) is 104 Å². The Balaban J connectivity index is 1.59. The van der Waals surface area contributed by atoms with E-state index >= 15 is 0 Å². The molecule has 0 saturated carbocycles. The Bertz CT molecular complexity index is 928. The smallest absolute Gasteiger partial charge is 0.272 e. The number of hydrogen-bond acceptors (Lipinski definition) is 5. The number of nitrogens with zero attached hydrogens (tertiary/aromatic N) is 2. The van der Waals surface area contributed by atoms with Crippen LogP contribution in [-0.4, -0.2) is 53.6 Å². The van der Waals surface area contributed by atoms with Gasteiger partial charge in [0, 0.05) is 42.9 Å². The molecule has 0 radical (unpaired) electrons. The molecule has 35 heavy (non-hydrogen) atoms. The van der Waals surface area contributed by atoms with Gasteiger partial charge in [-0.2, -0.15) is 0 Å². The highest BCUT2D eigenvalue weighted by Gasteiger charge is 2.53. The minimum absolute atomic E-state index is 0.0388. The highest BCUT2D eigenvalue weighted by molar-refractivity contribution is 6.43. The van der Waals surface area contributed by atoms with E-state index in [9.17, 15) is 4.79 Å². The molecule has 2 heterocycles. The van der Waals surface area contributed by atoms with Gasteiger partial charge in [0.05, 0.1) is 11.2 Å². The summed E-state index contributed by atoms with van der Waals surface area (Å²) < 4.78 is 12.6. The van der Waals surface area contributed by atoms with E-state index in [0.29, 0.717) is 5.71 Å². The van der Waals surface area contributed by atoms with Crippen LogP contribution in [0.3, 0.4) is 0 Å². The van der Waals surface area contributed by atoms with Gasteiger partial charge in [-0.15, -0.1) is 0 Å². The van der Waals surface area contributed by atoms with Crippen LogP contribution in [-0.2, 0) is 14.3 Å². The fourth-order valence-electron chi connectivity index (χ4n) is 5.89. The molecule has 2 aliphatic carbocycles. The summed E-state index contributed by atoms with van der Waals surface area (Å²) in [7, 11) is 1.90. The van der Waals surface area contributed by atoms with Crippen molar-refractivity contribution in [2.75, 3.05) is 13.6 Å². The highest BCUT2D eigenvalue weighted by Crippen LogP contribution is 2.48. The number of hydrogen-bond donors (Lipinski definition) is 1. The maximum Gasteiger partial charge on any atom is 0.272 e. The first-order chi connectivity index (χ1) is 16.4. The van der Waals surface area contributed by atoms with Crippen LogP contribution in [0.5, 0.6) is 0 Å². The molecule has 194 valence electrons. The van der Waals surface area contributed by atoms with Crippen molar-refractivity contribution < 1.29 is 14.3 Å². The van der Waals surface area contributed by atoms with Crippen molar-refractivity contribution in [2.24, 2.45) is 22.2 Å². The van der Waals surface area contributed by atoms with E-state index in [-0.39, 0.29) is 46.7 Å². The molecule has 1 amide bonds. The van der Waals surface area contributed by atoms with Crippen molar-refractivity contribution in [3.63, 3.8) is 0 Å². The van der Waals surface area contributed by atoms with E-state index in [1.165, 1.54) is 6.42 Å². The molecule has 1 N–H and O–H groups in total. The van der Waals surface area contributed by atoms with Crippen LogP contribution in [0.15, 0.2) is 40.7 Å². The molecule has 4 rings (SSSR count). The Morgan fingerprint density at radius 2 is 1.80 bits per heavy atom. The predicted octanol–water partition coefficient (Wildman–Crippen LogP) is 5.37. The maximum absolute atomic E-state index is 13.9. The third-order valence-corrected chi connectivity index (χ3v) is 9.38. The molecule has 2 saturated heterocycles. The lowest BCUT2D eigenvalue weighted by molar-refractivity contribution is -0.131. The Morgan fingerprint density at radius 1 is 1.17 bits per heavy atom. The van der Waals surface area contributed by atoms with Gasteiger partial charge in [-0.3, -0.25) is 4.79 Å². The summed E-state index contributed by atoms with van der Waals surface area (Å²) in [5, 5.41) is 3.23. The Morgan fingerprint density at radius 3 is 2.34 bits per heavy atom. The van der Waals surface area contributed by atoms with Crippen LogP contribution in [0.25, 0.3) is 0 Å². The summed E-state index contributed by atoms with van der Waals surface area (Å²) in [6, 6.07) is 0.197. The molecular weight excluding hydrogens is 438 g/mol. The number of amides is 1. The minimum Gasteiger partial charge on any atom is -0.391 e. The first-order valence-corrected chi connectivity index (χ1v) is 13.4. The van der Waals surface area contributed by atoms with Crippen molar-refractivity contribution in [3.05, 3.63) is 35.7 Å². The molecule has 1 spiro atoms.